The number of phenols is 1. The van der Waals surface area contributed by atoms with Crippen LogP contribution in [0.1, 0.15) is 69.8 Å². The van der Waals surface area contributed by atoms with E-state index >= 15 is 0 Å². The zero-order valence-corrected chi connectivity index (χ0v) is 18.3. The number of aliphatic carboxylic acids is 1. The second-order valence-electron chi connectivity index (χ2n) is 8.98. The lowest BCUT2D eigenvalue weighted by molar-refractivity contribution is -0.725. The van der Waals surface area contributed by atoms with Gasteiger partial charge in [0.25, 0.3) is 0 Å². The second-order valence-corrected chi connectivity index (χ2v) is 8.98. The average molecular weight is 423 g/mol. The molecule has 0 saturated heterocycles. The molecule has 2 saturated carbocycles. The van der Waals surface area contributed by atoms with Gasteiger partial charge in [0.15, 0.2) is 0 Å². The number of nitrogens with zero attached hydrogens (tertiary/aromatic N) is 1. The molecule has 0 bridgehead atoms. The lowest BCUT2D eigenvalue weighted by Gasteiger charge is -2.27. The number of nitriles is 1. The molecule has 5 nitrogen and oxygen atoms in total. The minimum Gasteiger partial charge on any atom is -0.549 e. The molecule has 2 fully saturated rings. The van der Waals surface area contributed by atoms with E-state index in [1.54, 1.807) is 24.3 Å². The number of aromatic hydroxyl groups is 1. The van der Waals surface area contributed by atoms with Gasteiger partial charge in [-0.15, -0.1) is 0 Å². The molecule has 3 N–H and O–H groups in total. The van der Waals surface area contributed by atoms with E-state index < -0.39 is 11.9 Å². The first-order chi connectivity index (χ1) is 15.1. The van der Waals surface area contributed by atoms with Crippen molar-refractivity contribution in [2.45, 2.75) is 82.7 Å². The molecular formula is C26H34N2O3. The number of phenolic OH excluding ortho intramolecular Hbond substituents is 1. The third kappa shape index (κ3) is 6.70. The molecule has 31 heavy (non-hydrogen) atoms. The number of nitrogens with two attached hydrogens (primary N) is 1. The smallest absolute Gasteiger partial charge is 0.119 e. The first-order valence-electron chi connectivity index (χ1n) is 11.7. The van der Waals surface area contributed by atoms with E-state index in [0.29, 0.717) is 5.56 Å². The molecule has 0 radical (unpaired) electrons. The molecule has 166 valence electrons. The second kappa shape index (κ2) is 11.7. The summed E-state index contributed by atoms with van der Waals surface area (Å²) in [6, 6.07) is 14.2. The van der Waals surface area contributed by atoms with Gasteiger partial charge in [-0.05, 0) is 74.6 Å². The maximum atomic E-state index is 10.8. The minimum absolute atomic E-state index is 0.00444. The number of hydrogen-bond donors (Lipinski definition) is 2. The van der Waals surface area contributed by atoms with E-state index in [0.717, 1.165) is 22.9 Å². The van der Waals surface area contributed by atoms with Gasteiger partial charge in [0, 0.05) is 5.56 Å². The molecule has 4 rings (SSSR count). The van der Waals surface area contributed by atoms with Crippen LogP contribution < -0.4 is 10.4 Å². The number of carbonyl (C=O) groups excluding carboxylic acids is 1. The number of quaternary nitrogens is 1. The topological polar surface area (TPSA) is 101 Å². The molecule has 2 aliphatic carbocycles. The largest absolute Gasteiger partial charge is 0.549 e. The molecule has 1 unspecified atom stereocenters. The van der Waals surface area contributed by atoms with Crippen molar-refractivity contribution in [1.29, 1.82) is 5.26 Å². The fraction of sp³-hybridized carbons (Fsp3) is 0.538. The quantitative estimate of drug-likeness (QED) is 0.773. The highest BCUT2D eigenvalue weighted by molar-refractivity contribution is 5.88. The molecule has 2 aliphatic rings. The standard InChI is InChI=1S/C14H11NO3.C12H23N/c15-8-10(14(17)18)7-12-11-4-2-1-3-9(11)5-6-13(12)16;1-3-7-11(8-4-1)13-12-9-5-2-6-10-12/h1-6,10,16H,7H2,(H,17,18);11-13H,1-10H2. The van der Waals surface area contributed by atoms with Crippen LogP contribution in [0, 0.1) is 17.2 Å². The Morgan fingerprint density at radius 1 is 1.00 bits per heavy atom. The van der Waals surface area contributed by atoms with Gasteiger partial charge in [0.05, 0.1) is 30.0 Å². The van der Waals surface area contributed by atoms with Crippen LogP contribution in [-0.4, -0.2) is 23.2 Å². The molecule has 0 amide bonds. The zero-order chi connectivity index (χ0) is 22.1. The van der Waals surface area contributed by atoms with Crippen LogP contribution in [-0.2, 0) is 11.2 Å². The molecule has 5 heteroatoms. The van der Waals surface area contributed by atoms with Crippen molar-refractivity contribution in [2.75, 3.05) is 0 Å². The van der Waals surface area contributed by atoms with Gasteiger partial charge in [0.1, 0.15) is 5.75 Å². The van der Waals surface area contributed by atoms with E-state index in [2.05, 4.69) is 5.32 Å². The van der Waals surface area contributed by atoms with Gasteiger partial charge >= 0.3 is 0 Å². The SMILES string of the molecule is C1CCC([NH2+]C2CCCCC2)CC1.N#CC(Cc1c(O)ccc2ccccc12)C(=O)[O-]. The highest BCUT2D eigenvalue weighted by atomic mass is 16.4. The summed E-state index contributed by atoms with van der Waals surface area (Å²) in [6.07, 6.45) is 14.9. The van der Waals surface area contributed by atoms with Gasteiger partial charge in [-0.2, -0.15) is 5.26 Å². The lowest BCUT2D eigenvalue weighted by atomic mass is 9.91. The molecule has 2 aromatic rings. The van der Waals surface area contributed by atoms with E-state index in [1.165, 1.54) is 70.3 Å². The predicted molar refractivity (Wildman–Crippen MR) is 119 cm³/mol. The number of carbonyl (C=O) groups is 1. The summed E-state index contributed by atoms with van der Waals surface area (Å²) in [7, 11) is 0. The first kappa shape index (κ1) is 23.1. The summed E-state index contributed by atoms with van der Waals surface area (Å²) in [5, 5.41) is 33.7. The molecule has 0 heterocycles. The number of carboxylic acids is 1. The first-order valence-corrected chi connectivity index (χ1v) is 11.7. The number of hydrogen-bond acceptors (Lipinski definition) is 4. The lowest BCUT2D eigenvalue weighted by Crippen LogP contribution is -2.95. The van der Waals surface area contributed by atoms with E-state index in [9.17, 15) is 15.0 Å². The third-order valence-electron chi connectivity index (χ3n) is 6.71. The Morgan fingerprint density at radius 3 is 2.13 bits per heavy atom. The number of carboxylic acid groups (broad SMARTS) is 1. The summed E-state index contributed by atoms with van der Waals surface area (Å²) in [5.41, 5.74) is 0.462. The Hall–Kier alpha value is -2.58. The van der Waals surface area contributed by atoms with Crippen molar-refractivity contribution in [3.05, 3.63) is 42.0 Å². The maximum Gasteiger partial charge on any atom is 0.119 e. The van der Waals surface area contributed by atoms with Crippen LogP contribution in [0.4, 0.5) is 0 Å². The van der Waals surface area contributed by atoms with Crippen LogP contribution in [0.5, 0.6) is 5.75 Å². The number of fused-ring (bicyclic) bond motifs is 1. The Balaban J connectivity index is 0.000000185. The van der Waals surface area contributed by atoms with Gasteiger partial charge in [-0.25, -0.2) is 0 Å². The van der Waals surface area contributed by atoms with Crippen molar-refractivity contribution >= 4 is 16.7 Å². The van der Waals surface area contributed by atoms with Gasteiger partial charge in [-0.3, -0.25) is 0 Å². The van der Waals surface area contributed by atoms with Crippen molar-refractivity contribution in [3.63, 3.8) is 0 Å². The van der Waals surface area contributed by atoms with Crippen LogP contribution in [0.2, 0.25) is 0 Å². The van der Waals surface area contributed by atoms with Crippen LogP contribution in [0.15, 0.2) is 36.4 Å². The van der Waals surface area contributed by atoms with Crippen LogP contribution in [0.3, 0.4) is 0 Å². The summed E-state index contributed by atoms with van der Waals surface area (Å²) in [4.78, 5) is 10.8. The predicted octanol–water partition coefficient (Wildman–Crippen LogP) is 3.19. The molecule has 0 spiro atoms. The summed E-state index contributed by atoms with van der Waals surface area (Å²) >= 11 is 0. The van der Waals surface area contributed by atoms with Crippen molar-refractivity contribution in [2.24, 2.45) is 5.92 Å². The van der Waals surface area contributed by atoms with E-state index in [4.69, 9.17) is 5.26 Å². The van der Waals surface area contributed by atoms with Crippen molar-refractivity contribution in [1.82, 2.24) is 0 Å². The van der Waals surface area contributed by atoms with E-state index in [-0.39, 0.29) is 12.2 Å². The highest BCUT2D eigenvalue weighted by Crippen LogP contribution is 2.29. The fourth-order valence-corrected chi connectivity index (χ4v) is 4.96. The molecule has 1 atom stereocenters. The maximum absolute atomic E-state index is 10.8. The number of benzene rings is 2. The van der Waals surface area contributed by atoms with Crippen molar-refractivity contribution < 1.29 is 20.3 Å². The van der Waals surface area contributed by atoms with Gasteiger partial charge in [-0.1, -0.05) is 43.2 Å². The zero-order valence-electron chi connectivity index (χ0n) is 18.3. The molecule has 0 aromatic heterocycles. The Morgan fingerprint density at radius 2 is 1.58 bits per heavy atom. The van der Waals surface area contributed by atoms with Crippen molar-refractivity contribution in [3.8, 4) is 11.8 Å². The van der Waals surface area contributed by atoms with Crippen LogP contribution in [0.25, 0.3) is 10.8 Å². The Labute approximate surface area is 185 Å². The molecule has 2 aromatic carbocycles. The minimum atomic E-state index is -1.43. The number of rotatable bonds is 5. The normalized spacial score (nSPS) is 18.5. The van der Waals surface area contributed by atoms with Gasteiger partial charge in [0.2, 0.25) is 0 Å². The average Bonchev–Trinajstić information content (AvgIpc) is 2.80. The Bertz CT molecular complexity index is 877. The third-order valence-corrected chi connectivity index (χ3v) is 6.71. The van der Waals surface area contributed by atoms with E-state index in [1.807, 2.05) is 12.1 Å². The summed E-state index contributed by atoms with van der Waals surface area (Å²) in [6.45, 7) is 0. The summed E-state index contributed by atoms with van der Waals surface area (Å²) in [5.74, 6) is -2.69. The highest BCUT2D eigenvalue weighted by Gasteiger charge is 2.22. The Kier molecular flexibility index (Phi) is 8.73. The van der Waals surface area contributed by atoms with Gasteiger partial charge < -0.3 is 20.3 Å². The summed E-state index contributed by atoms with van der Waals surface area (Å²) < 4.78 is 0. The van der Waals surface area contributed by atoms with Crippen LogP contribution >= 0.6 is 0 Å². The monoisotopic (exact) mass is 422 g/mol. The molecular weight excluding hydrogens is 388 g/mol. The fourth-order valence-electron chi connectivity index (χ4n) is 4.96. The molecule has 0 aliphatic heterocycles.